The van der Waals surface area contributed by atoms with Crippen molar-refractivity contribution in [3.63, 3.8) is 0 Å². The summed E-state index contributed by atoms with van der Waals surface area (Å²) in [6.45, 7) is 2.66. The van der Waals surface area contributed by atoms with Crippen LogP contribution in [-0.4, -0.2) is 17.7 Å². The molecule has 2 rings (SSSR count). The van der Waals surface area contributed by atoms with Gasteiger partial charge in [0.2, 0.25) is 0 Å². The van der Waals surface area contributed by atoms with E-state index in [-0.39, 0.29) is 6.42 Å². The zero-order valence-corrected chi connectivity index (χ0v) is 13.9. The van der Waals surface area contributed by atoms with Gasteiger partial charge in [0.1, 0.15) is 5.75 Å². The summed E-state index contributed by atoms with van der Waals surface area (Å²) in [5, 5.41) is 8.56. The summed E-state index contributed by atoms with van der Waals surface area (Å²) in [4.78, 5) is 10.4. The van der Waals surface area contributed by atoms with E-state index in [2.05, 4.69) is 30.9 Å². The van der Waals surface area contributed by atoms with E-state index in [1.165, 1.54) is 5.56 Å². The molecule has 2 aromatic rings. The molecule has 2 aromatic carbocycles. The van der Waals surface area contributed by atoms with Crippen LogP contribution in [0.5, 0.6) is 5.75 Å². The predicted octanol–water partition coefficient (Wildman–Crippen LogP) is 4.42. The number of aryl methyl sites for hydroxylation is 1. The minimum Gasteiger partial charge on any atom is -0.494 e. The van der Waals surface area contributed by atoms with Crippen LogP contribution in [-0.2, 0) is 4.79 Å². The minimum absolute atomic E-state index is 0.231. The summed E-state index contributed by atoms with van der Waals surface area (Å²) >= 11 is 0. The molecule has 0 aromatic heterocycles. The molecule has 0 saturated heterocycles. The second-order valence-corrected chi connectivity index (χ2v) is 5.69. The van der Waals surface area contributed by atoms with Crippen molar-refractivity contribution < 1.29 is 14.6 Å². The first kappa shape index (κ1) is 17.6. The molecule has 0 amide bonds. The van der Waals surface area contributed by atoms with Crippen LogP contribution in [0, 0.1) is 18.8 Å². The SMILES string of the molecule is Cc1ccc(C#Cc2ccc(OCCCCCC(=O)O)cc2)cc1. The summed E-state index contributed by atoms with van der Waals surface area (Å²) in [5.74, 6) is 6.36. The topological polar surface area (TPSA) is 46.5 Å². The van der Waals surface area contributed by atoms with E-state index in [0.717, 1.165) is 29.7 Å². The first-order chi connectivity index (χ1) is 11.6. The van der Waals surface area contributed by atoms with E-state index in [1.54, 1.807) is 0 Å². The summed E-state index contributed by atoms with van der Waals surface area (Å²) < 4.78 is 5.65. The number of carboxylic acids is 1. The number of aliphatic carboxylic acids is 1. The lowest BCUT2D eigenvalue weighted by Gasteiger charge is -2.05. The van der Waals surface area contributed by atoms with Gasteiger partial charge in [0.05, 0.1) is 6.61 Å². The number of hydrogen-bond donors (Lipinski definition) is 1. The van der Waals surface area contributed by atoms with Crippen LogP contribution in [0.15, 0.2) is 48.5 Å². The number of hydrogen-bond acceptors (Lipinski definition) is 2. The largest absolute Gasteiger partial charge is 0.494 e. The molecule has 1 N–H and O–H groups in total. The summed E-state index contributed by atoms with van der Waals surface area (Å²) in [6, 6.07) is 15.9. The Morgan fingerprint density at radius 3 is 2.08 bits per heavy atom. The molecule has 0 aliphatic rings. The molecule has 0 unspecified atom stereocenters. The molecular weight excluding hydrogens is 300 g/mol. The molecular formula is C21H22O3. The molecule has 0 spiro atoms. The van der Waals surface area contributed by atoms with Gasteiger partial charge in [-0.15, -0.1) is 0 Å². The van der Waals surface area contributed by atoms with Gasteiger partial charge in [0.15, 0.2) is 0 Å². The highest BCUT2D eigenvalue weighted by molar-refractivity contribution is 5.66. The van der Waals surface area contributed by atoms with Crippen LogP contribution >= 0.6 is 0 Å². The molecule has 0 saturated carbocycles. The van der Waals surface area contributed by atoms with E-state index in [0.29, 0.717) is 13.0 Å². The lowest BCUT2D eigenvalue weighted by molar-refractivity contribution is -0.137. The molecule has 24 heavy (non-hydrogen) atoms. The molecule has 124 valence electrons. The van der Waals surface area contributed by atoms with Crippen molar-refractivity contribution in [3.05, 3.63) is 65.2 Å². The maximum absolute atomic E-state index is 10.4. The van der Waals surface area contributed by atoms with Crippen molar-refractivity contribution in [2.45, 2.75) is 32.6 Å². The Labute approximate surface area is 143 Å². The van der Waals surface area contributed by atoms with E-state index in [1.807, 2.05) is 36.4 Å². The normalized spacial score (nSPS) is 9.88. The Morgan fingerprint density at radius 2 is 1.50 bits per heavy atom. The van der Waals surface area contributed by atoms with E-state index >= 15 is 0 Å². The molecule has 0 radical (unpaired) electrons. The van der Waals surface area contributed by atoms with Crippen molar-refractivity contribution in [1.82, 2.24) is 0 Å². The van der Waals surface area contributed by atoms with Crippen LogP contribution < -0.4 is 4.74 Å². The number of unbranched alkanes of at least 4 members (excludes halogenated alkanes) is 2. The first-order valence-electron chi connectivity index (χ1n) is 8.17. The van der Waals surface area contributed by atoms with Gasteiger partial charge in [0, 0.05) is 17.5 Å². The molecule has 0 fully saturated rings. The zero-order chi connectivity index (χ0) is 17.2. The highest BCUT2D eigenvalue weighted by Crippen LogP contribution is 2.13. The van der Waals surface area contributed by atoms with Crippen LogP contribution in [0.1, 0.15) is 42.4 Å². The smallest absolute Gasteiger partial charge is 0.303 e. The summed E-state index contributed by atoms with van der Waals surface area (Å²) in [7, 11) is 0. The van der Waals surface area contributed by atoms with E-state index in [9.17, 15) is 4.79 Å². The van der Waals surface area contributed by atoms with Crippen LogP contribution in [0.4, 0.5) is 0 Å². The Bertz CT molecular complexity index is 703. The van der Waals surface area contributed by atoms with Crippen LogP contribution in [0.3, 0.4) is 0 Å². The number of carboxylic acid groups (broad SMARTS) is 1. The fraction of sp³-hybridized carbons (Fsp3) is 0.286. The molecule has 0 aliphatic carbocycles. The number of rotatable bonds is 7. The standard InChI is InChI=1S/C21H22O3/c1-17-6-8-18(9-7-17)10-11-19-12-14-20(15-13-19)24-16-4-2-3-5-21(22)23/h6-9,12-15H,2-5,16H2,1H3,(H,22,23). The third kappa shape index (κ3) is 6.58. The van der Waals surface area contributed by atoms with E-state index in [4.69, 9.17) is 9.84 Å². The minimum atomic E-state index is -0.738. The molecule has 0 heterocycles. The Hall–Kier alpha value is -2.73. The average Bonchev–Trinajstić information content (AvgIpc) is 2.58. The van der Waals surface area contributed by atoms with Gasteiger partial charge in [-0.1, -0.05) is 29.5 Å². The average molecular weight is 322 g/mol. The first-order valence-corrected chi connectivity index (χ1v) is 8.17. The summed E-state index contributed by atoms with van der Waals surface area (Å²) in [6.07, 6.45) is 2.66. The highest BCUT2D eigenvalue weighted by Gasteiger charge is 1.98. The van der Waals surface area contributed by atoms with Gasteiger partial charge in [-0.2, -0.15) is 0 Å². The quantitative estimate of drug-likeness (QED) is 0.606. The molecule has 0 aliphatic heterocycles. The van der Waals surface area contributed by atoms with Crippen LogP contribution in [0.2, 0.25) is 0 Å². The van der Waals surface area contributed by atoms with Crippen molar-refractivity contribution in [2.75, 3.05) is 6.61 Å². The molecule has 0 bridgehead atoms. The zero-order valence-electron chi connectivity index (χ0n) is 13.9. The Balaban J connectivity index is 1.77. The van der Waals surface area contributed by atoms with E-state index < -0.39 is 5.97 Å². The third-order valence-corrected chi connectivity index (χ3v) is 3.56. The van der Waals surface area contributed by atoms with Crippen molar-refractivity contribution >= 4 is 5.97 Å². The number of carbonyl (C=O) groups is 1. The maximum Gasteiger partial charge on any atom is 0.303 e. The molecule has 3 heteroatoms. The lowest BCUT2D eigenvalue weighted by atomic mass is 10.1. The van der Waals surface area contributed by atoms with Gasteiger partial charge in [-0.3, -0.25) is 4.79 Å². The predicted molar refractivity (Wildman–Crippen MR) is 95.2 cm³/mol. The molecule has 0 atom stereocenters. The maximum atomic E-state index is 10.4. The van der Waals surface area contributed by atoms with Gasteiger partial charge in [-0.25, -0.2) is 0 Å². The third-order valence-electron chi connectivity index (χ3n) is 3.56. The Morgan fingerprint density at radius 1 is 0.917 bits per heavy atom. The fourth-order valence-corrected chi connectivity index (χ4v) is 2.16. The number of ether oxygens (including phenoxy) is 1. The number of benzene rings is 2. The van der Waals surface area contributed by atoms with Crippen molar-refractivity contribution in [3.8, 4) is 17.6 Å². The second kappa shape index (κ2) is 9.42. The highest BCUT2D eigenvalue weighted by atomic mass is 16.5. The van der Waals surface area contributed by atoms with Gasteiger partial charge in [-0.05, 0) is 62.6 Å². The lowest BCUT2D eigenvalue weighted by Crippen LogP contribution is -1.99. The fourth-order valence-electron chi connectivity index (χ4n) is 2.16. The Kier molecular flexibility index (Phi) is 6.91. The van der Waals surface area contributed by atoms with Crippen LogP contribution in [0.25, 0.3) is 0 Å². The van der Waals surface area contributed by atoms with Gasteiger partial charge < -0.3 is 9.84 Å². The summed E-state index contributed by atoms with van der Waals surface area (Å²) in [5.41, 5.74) is 3.18. The van der Waals surface area contributed by atoms with Gasteiger partial charge in [0.25, 0.3) is 0 Å². The second-order valence-electron chi connectivity index (χ2n) is 5.69. The monoisotopic (exact) mass is 322 g/mol. The van der Waals surface area contributed by atoms with Crippen molar-refractivity contribution in [2.24, 2.45) is 0 Å². The van der Waals surface area contributed by atoms with Gasteiger partial charge >= 0.3 is 5.97 Å². The van der Waals surface area contributed by atoms with Crippen molar-refractivity contribution in [1.29, 1.82) is 0 Å². The molecule has 3 nitrogen and oxygen atoms in total.